The van der Waals surface area contributed by atoms with Crippen molar-refractivity contribution >= 4 is 33.5 Å². The van der Waals surface area contributed by atoms with E-state index in [1.807, 2.05) is 0 Å². The fraction of sp³-hybridized carbons (Fsp3) is 0.333. The lowest BCUT2D eigenvalue weighted by atomic mass is 10.1. The van der Waals surface area contributed by atoms with Gasteiger partial charge in [0.05, 0.1) is 5.03 Å². The summed E-state index contributed by atoms with van der Waals surface area (Å²) in [6.45, 7) is 0. The molecule has 4 nitrogen and oxygen atoms in total. The second kappa shape index (κ2) is 6.28. The molecule has 0 radical (unpaired) electrons. The van der Waals surface area contributed by atoms with Crippen LogP contribution in [0.3, 0.4) is 0 Å². The van der Waals surface area contributed by atoms with Gasteiger partial charge in [0.25, 0.3) is 0 Å². The first-order valence-corrected chi connectivity index (χ1v) is 6.41. The van der Waals surface area contributed by atoms with Gasteiger partial charge < -0.3 is 10.9 Å². The maximum Gasteiger partial charge on any atom is 0.399 e. The maximum atomic E-state index is 12.6. The number of hydrogen-bond acceptors (Lipinski definition) is 4. The topological polar surface area (TPSA) is 71.5 Å². The van der Waals surface area contributed by atoms with E-state index in [1.165, 1.54) is 6.20 Å². The molecule has 100 valence electrons. The van der Waals surface area contributed by atoms with Gasteiger partial charge in [0.1, 0.15) is 5.92 Å². The zero-order valence-electron chi connectivity index (χ0n) is 8.86. The van der Waals surface area contributed by atoms with Gasteiger partial charge in [-0.1, -0.05) is 5.16 Å². The Morgan fingerprint density at radius 3 is 2.67 bits per heavy atom. The predicted octanol–water partition coefficient (Wildman–Crippen LogP) is 2.86. The smallest absolute Gasteiger partial charge is 0.399 e. The Balaban J connectivity index is 2.71. The van der Waals surface area contributed by atoms with Crippen molar-refractivity contribution in [3.05, 3.63) is 22.8 Å². The van der Waals surface area contributed by atoms with E-state index < -0.39 is 23.7 Å². The van der Waals surface area contributed by atoms with Crippen LogP contribution in [0.1, 0.15) is 0 Å². The molecule has 0 spiro atoms. The molecule has 0 aliphatic carbocycles. The van der Waals surface area contributed by atoms with E-state index in [2.05, 4.69) is 26.1 Å². The summed E-state index contributed by atoms with van der Waals surface area (Å²) in [6.07, 6.45) is -3.08. The second-order valence-corrected chi connectivity index (χ2v) is 5.20. The van der Waals surface area contributed by atoms with Crippen LogP contribution in [0.4, 0.5) is 13.2 Å². The first-order valence-electron chi connectivity index (χ1n) is 4.63. The van der Waals surface area contributed by atoms with Gasteiger partial charge in [0, 0.05) is 16.4 Å². The Morgan fingerprint density at radius 2 is 2.22 bits per heavy atom. The summed E-state index contributed by atoms with van der Waals surface area (Å²) in [6, 6.07) is 3.25. The SMILES string of the molecule is N/C(=N/O)C(CSc1ccc(Br)cn1)C(F)(F)F. The molecule has 1 rings (SSSR count). The monoisotopic (exact) mass is 343 g/mol. The molecule has 0 aromatic carbocycles. The third-order valence-electron chi connectivity index (χ3n) is 1.97. The van der Waals surface area contributed by atoms with Crippen molar-refractivity contribution in [1.29, 1.82) is 0 Å². The molecule has 0 aliphatic heterocycles. The van der Waals surface area contributed by atoms with Gasteiger partial charge in [0.2, 0.25) is 0 Å². The van der Waals surface area contributed by atoms with Gasteiger partial charge in [-0.25, -0.2) is 4.98 Å². The number of nitrogens with two attached hydrogens (primary N) is 1. The summed E-state index contributed by atoms with van der Waals surface area (Å²) < 4.78 is 38.6. The molecule has 18 heavy (non-hydrogen) atoms. The summed E-state index contributed by atoms with van der Waals surface area (Å²) in [5.74, 6) is -3.25. The summed E-state index contributed by atoms with van der Waals surface area (Å²) in [7, 11) is 0. The van der Waals surface area contributed by atoms with Crippen LogP contribution in [0.5, 0.6) is 0 Å². The van der Waals surface area contributed by atoms with Gasteiger partial charge in [-0.15, -0.1) is 11.8 Å². The number of thioether (sulfide) groups is 1. The predicted molar refractivity (Wildman–Crippen MR) is 65.6 cm³/mol. The van der Waals surface area contributed by atoms with E-state index in [0.29, 0.717) is 5.03 Å². The molecule has 0 fully saturated rings. The second-order valence-electron chi connectivity index (χ2n) is 3.24. The minimum atomic E-state index is -4.56. The summed E-state index contributed by atoms with van der Waals surface area (Å²) in [4.78, 5) is 3.92. The van der Waals surface area contributed by atoms with Crippen LogP contribution < -0.4 is 5.73 Å². The average molecular weight is 344 g/mol. The van der Waals surface area contributed by atoms with Crippen molar-refractivity contribution in [2.45, 2.75) is 11.2 Å². The Morgan fingerprint density at radius 1 is 1.56 bits per heavy atom. The number of nitrogens with zero attached hydrogens (tertiary/aromatic N) is 2. The molecule has 1 aromatic rings. The van der Waals surface area contributed by atoms with Crippen LogP contribution in [-0.4, -0.2) is 28.0 Å². The van der Waals surface area contributed by atoms with Crippen LogP contribution in [0, 0.1) is 5.92 Å². The quantitative estimate of drug-likeness (QED) is 0.290. The summed E-state index contributed by atoms with van der Waals surface area (Å²) in [5.41, 5.74) is 5.03. The fourth-order valence-electron chi connectivity index (χ4n) is 1.03. The first kappa shape index (κ1) is 15.1. The van der Waals surface area contributed by atoms with Crippen molar-refractivity contribution in [3.8, 4) is 0 Å². The van der Waals surface area contributed by atoms with E-state index in [1.54, 1.807) is 12.1 Å². The molecule has 0 aliphatic rings. The standard InChI is InChI=1S/C9H9BrF3N3OS/c10-5-1-2-7(15-3-5)18-4-6(8(14)16-17)9(11,12)13/h1-3,6,17H,4H2,(H2,14,16). The number of aromatic nitrogens is 1. The molecule has 1 unspecified atom stereocenters. The number of hydrogen-bond donors (Lipinski definition) is 2. The number of amidine groups is 1. The van der Waals surface area contributed by atoms with Crippen LogP contribution in [0.15, 0.2) is 33.0 Å². The van der Waals surface area contributed by atoms with Gasteiger partial charge in [-0.3, -0.25) is 0 Å². The Kier molecular flexibility index (Phi) is 5.27. The third kappa shape index (κ3) is 4.37. The molecule has 1 atom stereocenters. The van der Waals surface area contributed by atoms with Crippen molar-refractivity contribution < 1.29 is 18.4 Å². The lowest BCUT2D eigenvalue weighted by Gasteiger charge is -2.18. The highest BCUT2D eigenvalue weighted by atomic mass is 79.9. The number of pyridine rings is 1. The highest BCUT2D eigenvalue weighted by Crippen LogP contribution is 2.31. The first-order chi connectivity index (χ1) is 8.34. The number of oxime groups is 1. The largest absolute Gasteiger partial charge is 0.409 e. The fourth-order valence-corrected chi connectivity index (χ4v) is 2.26. The van der Waals surface area contributed by atoms with Gasteiger partial charge in [-0.2, -0.15) is 13.2 Å². The van der Waals surface area contributed by atoms with E-state index >= 15 is 0 Å². The minimum absolute atomic E-state index is 0.395. The van der Waals surface area contributed by atoms with E-state index in [9.17, 15) is 13.2 Å². The molecule has 0 amide bonds. The zero-order chi connectivity index (χ0) is 13.8. The van der Waals surface area contributed by atoms with Crippen LogP contribution >= 0.6 is 27.7 Å². The van der Waals surface area contributed by atoms with Crippen molar-refractivity contribution in [1.82, 2.24) is 4.98 Å². The molecule has 1 aromatic heterocycles. The van der Waals surface area contributed by atoms with Gasteiger partial charge >= 0.3 is 6.18 Å². The number of halogens is 4. The normalized spacial score (nSPS) is 14.6. The maximum absolute atomic E-state index is 12.6. The van der Waals surface area contributed by atoms with Crippen LogP contribution in [0.25, 0.3) is 0 Å². The lowest BCUT2D eigenvalue weighted by molar-refractivity contribution is -0.150. The van der Waals surface area contributed by atoms with Crippen molar-refractivity contribution in [2.75, 3.05) is 5.75 Å². The Hall–Kier alpha value is -0.960. The Bertz CT molecular complexity index is 424. The summed E-state index contributed by atoms with van der Waals surface area (Å²) in [5, 5.41) is 11.2. The molecule has 9 heteroatoms. The molecular weight excluding hydrogens is 335 g/mol. The average Bonchev–Trinajstić information content (AvgIpc) is 2.29. The number of rotatable bonds is 4. The molecular formula is C9H9BrF3N3OS. The van der Waals surface area contributed by atoms with E-state index in [4.69, 9.17) is 10.9 Å². The van der Waals surface area contributed by atoms with E-state index in [0.717, 1.165) is 16.2 Å². The van der Waals surface area contributed by atoms with Crippen molar-refractivity contribution in [2.24, 2.45) is 16.8 Å². The van der Waals surface area contributed by atoms with Crippen LogP contribution in [0.2, 0.25) is 0 Å². The highest BCUT2D eigenvalue weighted by molar-refractivity contribution is 9.10. The number of alkyl halides is 3. The van der Waals surface area contributed by atoms with E-state index in [-0.39, 0.29) is 0 Å². The Labute approximate surface area is 114 Å². The molecule has 0 saturated carbocycles. The van der Waals surface area contributed by atoms with Crippen LogP contribution in [-0.2, 0) is 0 Å². The lowest BCUT2D eigenvalue weighted by Crippen LogP contribution is -2.37. The summed E-state index contributed by atoms with van der Waals surface area (Å²) >= 11 is 4.05. The molecule has 0 bridgehead atoms. The molecule has 1 heterocycles. The zero-order valence-corrected chi connectivity index (χ0v) is 11.3. The third-order valence-corrected chi connectivity index (χ3v) is 3.47. The minimum Gasteiger partial charge on any atom is -0.409 e. The van der Waals surface area contributed by atoms with Gasteiger partial charge in [0.15, 0.2) is 5.84 Å². The van der Waals surface area contributed by atoms with Gasteiger partial charge in [-0.05, 0) is 28.1 Å². The van der Waals surface area contributed by atoms with Crippen molar-refractivity contribution in [3.63, 3.8) is 0 Å². The highest BCUT2D eigenvalue weighted by Gasteiger charge is 2.42. The molecule has 0 saturated heterocycles. The molecule has 3 N–H and O–H groups in total.